The summed E-state index contributed by atoms with van der Waals surface area (Å²) < 4.78 is 27.1. The standard InChI is InChI=1S/C17H25ClN2O3S/c1-4-17(2,3)19-16(21)13-8-9-14(18)15(12-13)24(22,23)20-10-6-5-7-11-20/h8-9,12H,4-7,10-11H2,1-3H3,(H,19,21). The number of carbonyl (C=O) groups is 1. The van der Waals surface area contributed by atoms with E-state index in [1.165, 1.54) is 16.4 Å². The van der Waals surface area contributed by atoms with Gasteiger partial charge >= 0.3 is 0 Å². The Hall–Kier alpha value is -1.11. The maximum absolute atomic E-state index is 12.8. The van der Waals surface area contributed by atoms with Crippen molar-refractivity contribution in [2.45, 2.75) is 56.9 Å². The molecule has 24 heavy (non-hydrogen) atoms. The summed E-state index contributed by atoms with van der Waals surface area (Å²) in [6.45, 7) is 6.82. The molecule has 7 heteroatoms. The fraction of sp³-hybridized carbons (Fsp3) is 0.588. The largest absolute Gasteiger partial charge is 0.347 e. The minimum absolute atomic E-state index is 0.00743. The number of hydrogen-bond acceptors (Lipinski definition) is 3. The van der Waals surface area contributed by atoms with Crippen LogP contribution in [0.5, 0.6) is 0 Å². The summed E-state index contributed by atoms with van der Waals surface area (Å²) in [6.07, 6.45) is 3.50. The summed E-state index contributed by atoms with van der Waals surface area (Å²) in [5.74, 6) is -0.298. The third-order valence-electron chi connectivity index (χ3n) is 4.46. The molecule has 0 saturated carbocycles. The van der Waals surface area contributed by atoms with E-state index in [-0.39, 0.29) is 21.4 Å². The predicted octanol–water partition coefficient (Wildman–Crippen LogP) is 3.43. The fourth-order valence-electron chi connectivity index (χ4n) is 2.55. The van der Waals surface area contributed by atoms with Crippen molar-refractivity contribution in [2.75, 3.05) is 13.1 Å². The molecule has 1 aliphatic rings. The molecule has 134 valence electrons. The second-order valence-electron chi connectivity index (χ2n) is 6.80. The van der Waals surface area contributed by atoms with Gasteiger partial charge in [0.2, 0.25) is 10.0 Å². The molecule has 1 aromatic carbocycles. The Morgan fingerprint density at radius 3 is 2.46 bits per heavy atom. The van der Waals surface area contributed by atoms with Crippen molar-refractivity contribution >= 4 is 27.5 Å². The molecule has 1 heterocycles. The third kappa shape index (κ3) is 4.29. The number of amides is 1. The molecule has 1 amide bonds. The molecule has 0 bridgehead atoms. The first-order valence-corrected chi connectivity index (χ1v) is 10.1. The summed E-state index contributed by atoms with van der Waals surface area (Å²) in [5, 5.41) is 3.05. The Labute approximate surface area is 149 Å². The SMILES string of the molecule is CCC(C)(C)NC(=O)c1ccc(Cl)c(S(=O)(=O)N2CCCCC2)c1. The van der Waals surface area contributed by atoms with Gasteiger partial charge in [0.05, 0.1) is 5.02 Å². The van der Waals surface area contributed by atoms with E-state index in [2.05, 4.69) is 5.32 Å². The molecule has 1 N–H and O–H groups in total. The number of sulfonamides is 1. The topological polar surface area (TPSA) is 66.5 Å². The second-order valence-corrected chi connectivity index (χ2v) is 9.12. The number of carbonyl (C=O) groups excluding carboxylic acids is 1. The molecule has 0 atom stereocenters. The van der Waals surface area contributed by atoms with Gasteiger partial charge in [-0.25, -0.2) is 8.42 Å². The number of rotatable bonds is 5. The smallest absolute Gasteiger partial charge is 0.251 e. The minimum atomic E-state index is -3.68. The summed E-state index contributed by atoms with van der Waals surface area (Å²) in [4.78, 5) is 12.4. The molecule has 2 rings (SSSR count). The molecule has 0 radical (unpaired) electrons. The molecule has 0 aromatic heterocycles. The van der Waals surface area contributed by atoms with Crippen LogP contribution >= 0.6 is 11.6 Å². The zero-order chi connectivity index (χ0) is 18.0. The van der Waals surface area contributed by atoms with Gasteiger partial charge in [-0.2, -0.15) is 4.31 Å². The lowest BCUT2D eigenvalue weighted by atomic mass is 10.0. The summed E-state index contributed by atoms with van der Waals surface area (Å²) in [5.41, 5.74) is -0.0562. The predicted molar refractivity (Wildman–Crippen MR) is 95.9 cm³/mol. The number of benzene rings is 1. The van der Waals surface area contributed by atoms with Gasteiger partial charge < -0.3 is 5.32 Å². The van der Waals surface area contributed by atoms with E-state index in [4.69, 9.17) is 11.6 Å². The van der Waals surface area contributed by atoms with Crippen LogP contribution in [0.25, 0.3) is 0 Å². The molecule has 0 aliphatic carbocycles. The normalized spacial score (nSPS) is 16.8. The Morgan fingerprint density at radius 2 is 1.88 bits per heavy atom. The second kappa shape index (κ2) is 7.42. The highest BCUT2D eigenvalue weighted by Crippen LogP contribution is 2.28. The van der Waals surface area contributed by atoms with Crippen molar-refractivity contribution in [3.8, 4) is 0 Å². The van der Waals surface area contributed by atoms with E-state index in [1.54, 1.807) is 6.07 Å². The Bertz CT molecular complexity index is 711. The van der Waals surface area contributed by atoms with Crippen LogP contribution < -0.4 is 5.32 Å². The average Bonchev–Trinajstić information content (AvgIpc) is 2.55. The third-order valence-corrected chi connectivity index (χ3v) is 6.84. The van der Waals surface area contributed by atoms with Gasteiger partial charge in [-0.15, -0.1) is 0 Å². The lowest BCUT2D eigenvalue weighted by Gasteiger charge is -2.27. The summed E-state index contributed by atoms with van der Waals surface area (Å²) >= 11 is 6.13. The van der Waals surface area contributed by atoms with Crippen molar-refractivity contribution in [3.05, 3.63) is 28.8 Å². The van der Waals surface area contributed by atoms with Crippen molar-refractivity contribution in [3.63, 3.8) is 0 Å². The molecule has 0 spiro atoms. The first kappa shape index (κ1) is 19.2. The molecule has 0 unspecified atom stereocenters. The zero-order valence-corrected chi connectivity index (χ0v) is 16.0. The minimum Gasteiger partial charge on any atom is -0.347 e. The van der Waals surface area contributed by atoms with Crippen LogP contribution in [0.15, 0.2) is 23.1 Å². The lowest BCUT2D eigenvalue weighted by Crippen LogP contribution is -2.42. The average molecular weight is 373 g/mol. The van der Waals surface area contributed by atoms with Gasteiger partial charge in [0.15, 0.2) is 0 Å². The zero-order valence-electron chi connectivity index (χ0n) is 14.4. The number of hydrogen-bond donors (Lipinski definition) is 1. The Balaban J connectivity index is 2.33. The van der Waals surface area contributed by atoms with Crippen LogP contribution in [0, 0.1) is 0 Å². The van der Waals surface area contributed by atoms with Crippen molar-refractivity contribution in [1.82, 2.24) is 9.62 Å². The monoisotopic (exact) mass is 372 g/mol. The van der Waals surface area contributed by atoms with E-state index in [1.807, 2.05) is 20.8 Å². The molecular formula is C17H25ClN2O3S. The van der Waals surface area contributed by atoms with E-state index in [0.717, 1.165) is 25.7 Å². The highest BCUT2D eigenvalue weighted by atomic mass is 35.5. The van der Waals surface area contributed by atoms with Gasteiger partial charge in [-0.1, -0.05) is 24.9 Å². The number of nitrogens with one attached hydrogen (secondary N) is 1. The number of piperidine rings is 1. The fourth-order valence-corrected chi connectivity index (χ4v) is 4.57. The number of halogens is 1. The van der Waals surface area contributed by atoms with Crippen molar-refractivity contribution in [2.24, 2.45) is 0 Å². The van der Waals surface area contributed by atoms with E-state index in [9.17, 15) is 13.2 Å². The van der Waals surface area contributed by atoms with Crippen LogP contribution in [0.2, 0.25) is 5.02 Å². The van der Waals surface area contributed by atoms with Gasteiger partial charge in [-0.3, -0.25) is 4.79 Å². The maximum atomic E-state index is 12.8. The van der Waals surface area contributed by atoms with Gasteiger partial charge in [0.1, 0.15) is 4.90 Å². The van der Waals surface area contributed by atoms with E-state index >= 15 is 0 Å². The molecule has 5 nitrogen and oxygen atoms in total. The van der Waals surface area contributed by atoms with Gasteiger partial charge in [0.25, 0.3) is 5.91 Å². The number of nitrogens with zero attached hydrogens (tertiary/aromatic N) is 1. The van der Waals surface area contributed by atoms with Crippen LogP contribution in [0.3, 0.4) is 0 Å². The first-order chi connectivity index (χ1) is 11.2. The van der Waals surface area contributed by atoms with Gasteiger partial charge in [-0.05, 0) is 51.3 Å². The molecule has 1 fully saturated rings. The Kier molecular flexibility index (Phi) is 5.94. The van der Waals surface area contributed by atoms with Gasteiger partial charge in [0, 0.05) is 24.2 Å². The van der Waals surface area contributed by atoms with E-state index < -0.39 is 10.0 Å². The van der Waals surface area contributed by atoms with Crippen molar-refractivity contribution < 1.29 is 13.2 Å². The van der Waals surface area contributed by atoms with Crippen LogP contribution in [-0.4, -0.2) is 37.3 Å². The van der Waals surface area contributed by atoms with E-state index in [0.29, 0.717) is 18.7 Å². The van der Waals surface area contributed by atoms with Crippen LogP contribution in [0.4, 0.5) is 0 Å². The Morgan fingerprint density at radius 1 is 1.25 bits per heavy atom. The lowest BCUT2D eigenvalue weighted by molar-refractivity contribution is 0.0911. The molecular weight excluding hydrogens is 348 g/mol. The summed E-state index contributed by atoms with van der Waals surface area (Å²) in [7, 11) is -3.68. The molecule has 1 saturated heterocycles. The highest BCUT2D eigenvalue weighted by Gasteiger charge is 2.29. The first-order valence-electron chi connectivity index (χ1n) is 8.29. The highest BCUT2D eigenvalue weighted by molar-refractivity contribution is 7.89. The quantitative estimate of drug-likeness (QED) is 0.860. The van der Waals surface area contributed by atoms with Crippen molar-refractivity contribution in [1.29, 1.82) is 0 Å². The molecule has 1 aromatic rings. The molecule has 1 aliphatic heterocycles. The summed E-state index contributed by atoms with van der Waals surface area (Å²) in [6, 6.07) is 4.41. The van der Waals surface area contributed by atoms with Crippen LogP contribution in [-0.2, 0) is 10.0 Å². The van der Waals surface area contributed by atoms with Crippen LogP contribution in [0.1, 0.15) is 56.8 Å². The maximum Gasteiger partial charge on any atom is 0.251 e.